The van der Waals surface area contributed by atoms with Gasteiger partial charge in [-0.2, -0.15) is 5.10 Å². The predicted octanol–water partition coefficient (Wildman–Crippen LogP) is 3.24. The van der Waals surface area contributed by atoms with Crippen molar-refractivity contribution >= 4 is 28.9 Å². The molecule has 0 aliphatic carbocycles. The molecule has 6 heteroatoms. The van der Waals surface area contributed by atoms with Gasteiger partial charge in [-0.15, -0.1) is 0 Å². The number of amides is 1. The van der Waals surface area contributed by atoms with Crippen molar-refractivity contribution in [1.82, 2.24) is 9.78 Å². The molecule has 5 nitrogen and oxygen atoms in total. The fraction of sp³-hybridized carbons (Fsp3) is 0.333. The molecule has 21 heavy (non-hydrogen) atoms. The Morgan fingerprint density at radius 3 is 2.57 bits per heavy atom. The second-order valence-corrected chi connectivity index (χ2v) is 5.55. The molecule has 1 amide bonds. The van der Waals surface area contributed by atoms with Gasteiger partial charge in [0, 0.05) is 11.4 Å². The largest absolute Gasteiger partial charge is 0.399 e. The predicted molar refractivity (Wildman–Crippen MR) is 85.6 cm³/mol. The molecular weight excluding hydrogens is 288 g/mol. The maximum atomic E-state index is 12.4. The van der Waals surface area contributed by atoms with Crippen LogP contribution >= 0.6 is 11.6 Å². The maximum absolute atomic E-state index is 12.4. The number of anilines is 2. The molecule has 0 aliphatic heterocycles. The van der Waals surface area contributed by atoms with E-state index in [1.54, 1.807) is 29.8 Å². The van der Waals surface area contributed by atoms with Crippen LogP contribution in [0.4, 0.5) is 11.4 Å². The molecule has 112 valence electrons. The first-order valence-electron chi connectivity index (χ1n) is 6.69. The van der Waals surface area contributed by atoms with Gasteiger partial charge in [0.2, 0.25) is 5.91 Å². The summed E-state index contributed by atoms with van der Waals surface area (Å²) in [6.07, 6.45) is 0. The van der Waals surface area contributed by atoms with Crippen LogP contribution in [0.15, 0.2) is 18.2 Å². The average Bonchev–Trinajstić information content (AvgIpc) is 2.68. The van der Waals surface area contributed by atoms with Crippen molar-refractivity contribution in [2.75, 3.05) is 11.1 Å². The summed E-state index contributed by atoms with van der Waals surface area (Å²) in [5, 5.41) is 7.63. The molecule has 0 fully saturated rings. The summed E-state index contributed by atoms with van der Waals surface area (Å²) in [7, 11) is 0. The van der Waals surface area contributed by atoms with Gasteiger partial charge < -0.3 is 11.1 Å². The number of carbonyl (C=O) groups excluding carboxylic acids is 1. The van der Waals surface area contributed by atoms with E-state index in [0.29, 0.717) is 16.4 Å². The molecule has 2 aromatic rings. The van der Waals surface area contributed by atoms with Crippen LogP contribution in [0.2, 0.25) is 5.02 Å². The van der Waals surface area contributed by atoms with Crippen LogP contribution in [0.25, 0.3) is 0 Å². The Morgan fingerprint density at radius 2 is 2.05 bits per heavy atom. The van der Waals surface area contributed by atoms with Crippen LogP contribution in [-0.4, -0.2) is 15.7 Å². The zero-order chi connectivity index (χ0) is 15.7. The molecule has 0 radical (unpaired) electrons. The molecule has 1 unspecified atom stereocenters. The molecule has 3 N–H and O–H groups in total. The Labute approximate surface area is 129 Å². The van der Waals surface area contributed by atoms with E-state index in [-0.39, 0.29) is 5.91 Å². The number of hydrogen-bond donors (Lipinski definition) is 2. The lowest BCUT2D eigenvalue weighted by Gasteiger charge is -2.15. The second-order valence-electron chi connectivity index (χ2n) is 5.14. The van der Waals surface area contributed by atoms with Gasteiger partial charge in [0.25, 0.3) is 0 Å². The zero-order valence-corrected chi connectivity index (χ0v) is 13.3. The summed E-state index contributed by atoms with van der Waals surface area (Å²) in [6.45, 7) is 7.69. The number of halogens is 1. The van der Waals surface area contributed by atoms with Gasteiger partial charge >= 0.3 is 0 Å². The molecule has 0 bridgehead atoms. The van der Waals surface area contributed by atoms with Crippen LogP contribution < -0.4 is 11.1 Å². The highest BCUT2D eigenvalue weighted by Crippen LogP contribution is 2.25. The monoisotopic (exact) mass is 306 g/mol. The molecule has 2 rings (SSSR count). The first-order valence-corrected chi connectivity index (χ1v) is 7.07. The van der Waals surface area contributed by atoms with E-state index in [2.05, 4.69) is 10.4 Å². The highest BCUT2D eigenvalue weighted by atomic mass is 35.5. The maximum Gasteiger partial charge on any atom is 0.248 e. The number of carbonyl (C=O) groups is 1. The van der Waals surface area contributed by atoms with Crippen molar-refractivity contribution < 1.29 is 4.79 Å². The normalized spacial score (nSPS) is 12.2. The van der Waals surface area contributed by atoms with Gasteiger partial charge in [-0.25, -0.2) is 0 Å². The number of nitrogen functional groups attached to an aromatic ring is 1. The third-order valence-corrected chi connectivity index (χ3v) is 4.00. The van der Waals surface area contributed by atoms with Crippen molar-refractivity contribution in [2.45, 2.75) is 33.7 Å². The van der Waals surface area contributed by atoms with Crippen LogP contribution in [0.1, 0.15) is 29.9 Å². The molecule has 0 aliphatic rings. The smallest absolute Gasteiger partial charge is 0.248 e. The van der Waals surface area contributed by atoms with Crippen LogP contribution in [0.3, 0.4) is 0 Å². The van der Waals surface area contributed by atoms with E-state index in [9.17, 15) is 4.79 Å². The topological polar surface area (TPSA) is 72.9 Å². The lowest BCUT2D eigenvalue weighted by molar-refractivity contribution is -0.119. The Kier molecular flexibility index (Phi) is 4.23. The number of hydrogen-bond acceptors (Lipinski definition) is 3. The quantitative estimate of drug-likeness (QED) is 0.855. The first kappa shape index (κ1) is 15.4. The van der Waals surface area contributed by atoms with Crippen molar-refractivity contribution in [3.05, 3.63) is 40.2 Å². The van der Waals surface area contributed by atoms with E-state index in [4.69, 9.17) is 17.3 Å². The number of aryl methyl sites for hydroxylation is 1. The Hall–Kier alpha value is -2.01. The summed E-state index contributed by atoms with van der Waals surface area (Å²) in [4.78, 5) is 12.4. The summed E-state index contributed by atoms with van der Waals surface area (Å²) in [5.74, 6) is -0.174. The van der Waals surface area contributed by atoms with Gasteiger partial charge in [-0.1, -0.05) is 11.6 Å². The molecular formula is C15H19ClN4O. The SMILES string of the molecule is Cc1nn(C(C)C(=O)Nc2ccc(N)cc2Cl)c(C)c1C. The molecule has 1 atom stereocenters. The van der Waals surface area contributed by atoms with Crippen molar-refractivity contribution in [3.8, 4) is 0 Å². The van der Waals surface area contributed by atoms with Crippen LogP contribution in [0, 0.1) is 20.8 Å². The fourth-order valence-corrected chi connectivity index (χ4v) is 2.34. The van der Waals surface area contributed by atoms with E-state index in [0.717, 1.165) is 17.0 Å². The highest BCUT2D eigenvalue weighted by molar-refractivity contribution is 6.34. The first-order chi connectivity index (χ1) is 9.81. The van der Waals surface area contributed by atoms with Gasteiger partial charge in [0.1, 0.15) is 6.04 Å². The number of nitrogens with zero attached hydrogens (tertiary/aromatic N) is 2. The lowest BCUT2D eigenvalue weighted by Crippen LogP contribution is -2.25. The van der Waals surface area contributed by atoms with E-state index >= 15 is 0 Å². The Balaban J connectivity index is 2.21. The Bertz CT molecular complexity index is 693. The second kappa shape index (κ2) is 5.77. The van der Waals surface area contributed by atoms with E-state index in [1.807, 2.05) is 20.8 Å². The Morgan fingerprint density at radius 1 is 1.38 bits per heavy atom. The van der Waals surface area contributed by atoms with Crippen molar-refractivity contribution in [3.63, 3.8) is 0 Å². The van der Waals surface area contributed by atoms with Crippen LogP contribution in [0.5, 0.6) is 0 Å². The van der Waals surface area contributed by atoms with Gasteiger partial charge in [-0.3, -0.25) is 9.48 Å². The standard InChI is InChI=1S/C15H19ClN4O/c1-8-9(2)19-20(10(8)3)11(4)15(21)18-14-6-5-12(17)7-13(14)16/h5-7,11H,17H2,1-4H3,(H,18,21). The minimum absolute atomic E-state index is 0.174. The number of nitrogens with two attached hydrogens (primary N) is 1. The molecule has 0 saturated heterocycles. The molecule has 0 spiro atoms. The number of nitrogens with one attached hydrogen (secondary N) is 1. The van der Waals surface area contributed by atoms with Crippen molar-refractivity contribution in [2.24, 2.45) is 0 Å². The average molecular weight is 307 g/mol. The summed E-state index contributed by atoms with van der Waals surface area (Å²) in [6, 6.07) is 4.56. The fourth-order valence-electron chi connectivity index (χ4n) is 2.10. The molecule has 1 heterocycles. The molecule has 1 aromatic heterocycles. The van der Waals surface area contributed by atoms with Gasteiger partial charge in [0.05, 0.1) is 16.4 Å². The van der Waals surface area contributed by atoms with E-state index in [1.165, 1.54) is 0 Å². The molecule has 0 saturated carbocycles. The third-order valence-electron chi connectivity index (χ3n) is 3.68. The summed E-state index contributed by atoms with van der Waals surface area (Å²) in [5.41, 5.74) is 9.75. The minimum Gasteiger partial charge on any atom is -0.399 e. The lowest BCUT2D eigenvalue weighted by atomic mass is 10.2. The number of aromatic nitrogens is 2. The van der Waals surface area contributed by atoms with Gasteiger partial charge in [0.15, 0.2) is 0 Å². The summed E-state index contributed by atoms with van der Waals surface area (Å²) >= 11 is 6.07. The van der Waals surface area contributed by atoms with Crippen molar-refractivity contribution in [1.29, 1.82) is 0 Å². The number of rotatable bonds is 3. The van der Waals surface area contributed by atoms with E-state index < -0.39 is 6.04 Å². The minimum atomic E-state index is -0.425. The van der Waals surface area contributed by atoms with Gasteiger partial charge in [-0.05, 0) is 51.5 Å². The summed E-state index contributed by atoms with van der Waals surface area (Å²) < 4.78 is 1.73. The zero-order valence-electron chi connectivity index (χ0n) is 12.6. The molecule has 1 aromatic carbocycles. The number of benzene rings is 1. The van der Waals surface area contributed by atoms with Crippen LogP contribution in [-0.2, 0) is 4.79 Å². The highest BCUT2D eigenvalue weighted by Gasteiger charge is 2.20. The third kappa shape index (κ3) is 3.03.